The second kappa shape index (κ2) is 4.85. The minimum absolute atomic E-state index is 0.367. The summed E-state index contributed by atoms with van der Waals surface area (Å²) in [6, 6.07) is 11.1. The summed E-state index contributed by atoms with van der Waals surface area (Å²) in [5.41, 5.74) is 2.18. The van der Waals surface area contributed by atoms with Crippen LogP contribution < -0.4 is 0 Å². The molecule has 0 amide bonds. The lowest BCUT2D eigenvalue weighted by Gasteiger charge is -2.04. The van der Waals surface area contributed by atoms with E-state index >= 15 is 0 Å². The van der Waals surface area contributed by atoms with Crippen LogP contribution in [-0.2, 0) is 15.9 Å². The number of hydrogen-bond donors (Lipinski definition) is 0. The van der Waals surface area contributed by atoms with Gasteiger partial charge in [-0.25, -0.2) is 4.79 Å². The van der Waals surface area contributed by atoms with Gasteiger partial charge in [0, 0.05) is 17.6 Å². The van der Waals surface area contributed by atoms with E-state index in [2.05, 4.69) is 0 Å². The molecule has 0 bridgehead atoms. The third kappa shape index (κ3) is 1.87. The van der Waals surface area contributed by atoms with Crippen molar-refractivity contribution in [2.24, 2.45) is 0 Å². The molecule has 0 saturated heterocycles. The van der Waals surface area contributed by atoms with Crippen molar-refractivity contribution in [3.05, 3.63) is 48.2 Å². The first kappa shape index (κ1) is 13.0. The number of fused-ring (bicyclic) bond motifs is 3. The fourth-order valence-electron chi connectivity index (χ4n) is 2.41. The Bertz CT molecular complexity index is 807. The summed E-state index contributed by atoms with van der Waals surface area (Å²) in [5.74, 6) is -0.367. The van der Waals surface area contributed by atoms with E-state index in [1.165, 1.54) is 7.11 Å². The van der Waals surface area contributed by atoms with Crippen LogP contribution in [-0.4, -0.2) is 28.3 Å². The fraction of sp³-hybridized carbons (Fsp3) is 0.133. The molecule has 0 saturated carbocycles. The van der Waals surface area contributed by atoms with Gasteiger partial charge in [-0.3, -0.25) is 0 Å². The summed E-state index contributed by atoms with van der Waals surface area (Å²) in [5, 5.41) is 0.803. The lowest BCUT2D eigenvalue weighted by Crippen LogP contribution is -2.01. The number of nitrogens with zero attached hydrogens (tertiary/aromatic N) is 1. The number of methoxy groups -OCH3 is 1. The molecule has 0 aliphatic rings. The largest absolute Gasteiger partial charge is 0.612 e. The molecule has 5 heteroatoms. The Morgan fingerprint density at radius 1 is 1.25 bits per heavy atom. The molecule has 0 N–H and O–H groups in total. The average molecular weight is 287 g/mol. The zero-order chi connectivity index (χ0) is 14.3. The molecule has 0 fully saturated rings. The SMILES string of the molecule is COC(=O)c1c2ccc([S+](C)[O-])cc2n2ccccc12. The Kier molecular flexibility index (Phi) is 3.16. The molecule has 3 aromatic rings. The Labute approximate surface area is 119 Å². The van der Waals surface area contributed by atoms with Crippen molar-refractivity contribution >= 4 is 33.6 Å². The highest BCUT2D eigenvalue weighted by atomic mass is 32.2. The molecule has 0 spiro atoms. The predicted octanol–water partition coefficient (Wildman–Crippen LogP) is 2.62. The number of rotatable bonds is 2. The van der Waals surface area contributed by atoms with Gasteiger partial charge in [0.05, 0.1) is 23.7 Å². The van der Waals surface area contributed by atoms with Gasteiger partial charge in [-0.15, -0.1) is 0 Å². The van der Waals surface area contributed by atoms with Gasteiger partial charge in [-0.05, 0) is 35.4 Å². The van der Waals surface area contributed by atoms with E-state index in [0.29, 0.717) is 5.56 Å². The summed E-state index contributed by atoms with van der Waals surface area (Å²) < 4.78 is 18.4. The molecule has 0 radical (unpaired) electrons. The van der Waals surface area contributed by atoms with Gasteiger partial charge in [0.1, 0.15) is 6.26 Å². The predicted molar refractivity (Wildman–Crippen MR) is 78.6 cm³/mol. The van der Waals surface area contributed by atoms with Crippen LogP contribution in [0.1, 0.15) is 10.4 Å². The highest BCUT2D eigenvalue weighted by Gasteiger charge is 2.19. The fourth-order valence-corrected chi connectivity index (χ4v) is 2.95. The number of carbonyl (C=O) groups excluding carboxylic acids is 1. The quantitative estimate of drug-likeness (QED) is 0.538. The zero-order valence-electron chi connectivity index (χ0n) is 11.1. The van der Waals surface area contributed by atoms with Crippen molar-refractivity contribution in [2.75, 3.05) is 13.4 Å². The zero-order valence-corrected chi connectivity index (χ0v) is 11.9. The first-order valence-electron chi connectivity index (χ1n) is 6.08. The minimum Gasteiger partial charge on any atom is -0.612 e. The van der Waals surface area contributed by atoms with Gasteiger partial charge in [0.15, 0.2) is 4.90 Å². The minimum atomic E-state index is -1.06. The van der Waals surface area contributed by atoms with Crippen molar-refractivity contribution in [3.63, 3.8) is 0 Å². The summed E-state index contributed by atoms with van der Waals surface area (Å²) in [7, 11) is 1.37. The van der Waals surface area contributed by atoms with Crippen molar-refractivity contribution in [3.8, 4) is 0 Å². The van der Waals surface area contributed by atoms with Crippen molar-refractivity contribution in [1.82, 2.24) is 4.40 Å². The van der Waals surface area contributed by atoms with Crippen LogP contribution in [0.5, 0.6) is 0 Å². The maximum Gasteiger partial charge on any atom is 0.340 e. The number of hydrogen-bond acceptors (Lipinski definition) is 3. The smallest absolute Gasteiger partial charge is 0.340 e. The Morgan fingerprint density at radius 3 is 2.75 bits per heavy atom. The molecule has 0 aliphatic carbocycles. The standard InChI is InChI=1S/C15H13NO3S/c1-19-15(17)14-11-7-6-10(20(2)18)9-13(11)16-8-4-3-5-12(14)16/h3-9H,1-2H3. The molecule has 2 aromatic heterocycles. The van der Waals surface area contributed by atoms with Gasteiger partial charge < -0.3 is 13.7 Å². The third-order valence-corrected chi connectivity index (χ3v) is 4.25. The van der Waals surface area contributed by atoms with Gasteiger partial charge >= 0.3 is 5.97 Å². The summed E-state index contributed by atoms with van der Waals surface area (Å²) in [6.07, 6.45) is 3.52. The first-order valence-corrected chi connectivity index (χ1v) is 7.64. The average Bonchev–Trinajstić information content (AvgIpc) is 2.80. The normalized spacial score (nSPS) is 12.8. The van der Waals surface area contributed by atoms with Gasteiger partial charge in [-0.1, -0.05) is 6.07 Å². The van der Waals surface area contributed by atoms with Crippen molar-refractivity contribution < 1.29 is 14.1 Å². The molecule has 2 heterocycles. The Hall–Kier alpha value is -1.98. The number of esters is 1. The van der Waals surface area contributed by atoms with Crippen LogP contribution in [0.4, 0.5) is 0 Å². The molecule has 102 valence electrons. The van der Waals surface area contributed by atoms with Gasteiger partial charge in [-0.2, -0.15) is 0 Å². The molecule has 0 aliphatic heterocycles. The van der Waals surface area contributed by atoms with Crippen molar-refractivity contribution in [2.45, 2.75) is 4.90 Å². The van der Waals surface area contributed by atoms with E-state index in [1.807, 2.05) is 40.9 Å². The van der Waals surface area contributed by atoms with Crippen LogP contribution in [0, 0.1) is 0 Å². The van der Waals surface area contributed by atoms with Crippen LogP contribution >= 0.6 is 0 Å². The van der Waals surface area contributed by atoms with Crippen LogP contribution in [0.15, 0.2) is 47.5 Å². The molecule has 20 heavy (non-hydrogen) atoms. The van der Waals surface area contributed by atoms with Crippen LogP contribution in [0.25, 0.3) is 16.4 Å². The van der Waals surface area contributed by atoms with Crippen LogP contribution in [0.2, 0.25) is 0 Å². The summed E-state index contributed by atoms with van der Waals surface area (Å²) in [6.45, 7) is 0. The maximum absolute atomic E-state index is 12.0. The molecular weight excluding hydrogens is 274 g/mol. The van der Waals surface area contributed by atoms with E-state index in [9.17, 15) is 9.35 Å². The Morgan fingerprint density at radius 2 is 2.05 bits per heavy atom. The number of benzene rings is 1. The highest BCUT2D eigenvalue weighted by Crippen LogP contribution is 2.29. The van der Waals surface area contributed by atoms with Gasteiger partial charge in [0.25, 0.3) is 0 Å². The molecular formula is C15H13NO3S. The molecule has 4 nitrogen and oxygen atoms in total. The number of aromatic nitrogens is 1. The van der Waals surface area contributed by atoms with E-state index in [4.69, 9.17) is 4.74 Å². The van der Waals surface area contributed by atoms with E-state index < -0.39 is 11.2 Å². The summed E-state index contributed by atoms with van der Waals surface area (Å²) in [4.78, 5) is 12.8. The molecule has 1 atom stereocenters. The van der Waals surface area contributed by atoms with Crippen molar-refractivity contribution in [1.29, 1.82) is 0 Å². The molecule has 3 rings (SSSR count). The topological polar surface area (TPSA) is 53.8 Å². The highest BCUT2D eigenvalue weighted by molar-refractivity contribution is 7.90. The second-order valence-corrected chi connectivity index (χ2v) is 5.84. The number of pyridine rings is 1. The first-order chi connectivity index (χ1) is 9.63. The molecule has 1 unspecified atom stereocenters. The maximum atomic E-state index is 12.0. The van der Waals surface area contributed by atoms with Crippen LogP contribution in [0.3, 0.4) is 0 Å². The summed E-state index contributed by atoms with van der Waals surface area (Å²) >= 11 is -1.06. The third-order valence-electron chi connectivity index (χ3n) is 3.34. The Balaban J connectivity index is 2.44. The monoisotopic (exact) mass is 287 g/mol. The van der Waals surface area contributed by atoms with E-state index in [1.54, 1.807) is 12.3 Å². The second-order valence-electron chi connectivity index (χ2n) is 4.46. The van der Waals surface area contributed by atoms with E-state index in [0.717, 1.165) is 21.3 Å². The number of carbonyl (C=O) groups is 1. The lowest BCUT2D eigenvalue weighted by atomic mass is 10.1. The van der Waals surface area contributed by atoms with Gasteiger partial charge in [0.2, 0.25) is 0 Å². The lowest BCUT2D eigenvalue weighted by molar-refractivity contribution is 0.0605. The van der Waals surface area contributed by atoms with E-state index in [-0.39, 0.29) is 5.97 Å². The number of ether oxygens (including phenoxy) is 1. The molecule has 1 aromatic carbocycles.